The summed E-state index contributed by atoms with van der Waals surface area (Å²) < 4.78 is -1.60. The zero-order valence-electron chi connectivity index (χ0n) is 5.57. The summed E-state index contributed by atoms with van der Waals surface area (Å²) in [5.74, 6) is 0. The molecule has 60 valence electrons. The molecule has 0 saturated heterocycles. The predicted octanol–water partition coefficient (Wildman–Crippen LogP) is 2.68. The maximum absolute atomic E-state index is 9.10. The van der Waals surface area contributed by atoms with Crippen LogP contribution in [0.4, 0.5) is 0 Å². The van der Waals surface area contributed by atoms with Gasteiger partial charge in [0.15, 0.2) is 0 Å². The Bertz CT molecular complexity index is 127. The molecule has 0 aliphatic rings. The summed E-state index contributed by atoms with van der Waals surface area (Å²) >= 11 is 16.1. The van der Waals surface area contributed by atoms with Crippen LogP contribution < -0.4 is 0 Å². The van der Waals surface area contributed by atoms with Crippen molar-refractivity contribution in [2.75, 3.05) is 0 Å². The monoisotopic (exact) mass is 202 g/mol. The summed E-state index contributed by atoms with van der Waals surface area (Å²) in [4.78, 5) is 0. The second kappa shape index (κ2) is 3.82. The van der Waals surface area contributed by atoms with Gasteiger partial charge in [0.1, 0.15) is 6.10 Å². The van der Waals surface area contributed by atoms with Crippen molar-refractivity contribution in [2.45, 2.75) is 23.2 Å². The van der Waals surface area contributed by atoms with E-state index in [2.05, 4.69) is 6.58 Å². The van der Waals surface area contributed by atoms with Gasteiger partial charge in [-0.15, -0.1) is 6.58 Å². The first kappa shape index (κ1) is 10.6. The highest BCUT2D eigenvalue weighted by Gasteiger charge is 2.30. The number of alkyl halides is 3. The molecule has 1 nitrogen and oxygen atoms in total. The Morgan fingerprint density at radius 3 is 2.10 bits per heavy atom. The Hall–Kier alpha value is 0.570. The molecule has 1 atom stereocenters. The molecular formula is C6H9Cl3O. The van der Waals surface area contributed by atoms with Crippen LogP contribution in [0.3, 0.4) is 0 Å². The van der Waals surface area contributed by atoms with Crippen LogP contribution in [0.1, 0.15) is 13.3 Å². The number of aliphatic hydroxyl groups is 1. The Kier molecular flexibility index (Phi) is 4.03. The SMILES string of the molecule is C=C(C)C[C@@H](O)C(Cl)(Cl)Cl. The van der Waals surface area contributed by atoms with E-state index in [1.54, 1.807) is 6.92 Å². The van der Waals surface area contributed by atoms with Gasteiger partial charge in [-0.3, -0.25) is 0 Å². The smallest absolute Gasteiger partial charge is 0.216 e. The third-order valence-corrected chi connectivity index (χ3v) is 1.68. The molecule has 0 rings (SSSR count). The van der Waals surface area contributed by atoms with Gasteiger partial charge in [0.2, 0.25) is 3.79 Å². The summed E-state index contributed by atoms with van der Waals surface area (Å²) in [5, 5.41) is 9.10. The first-order valence-corrected chi connectivity index (χ1v) is 3.86. The minimum Gasteiger partial charge on any atom is -0.388 e. The molecule has 0 saturated carbocycles. The fraction of sp³-hybridized carbons (Fsp3) is 0.667. The molecule has 1 N–H and O–H groups in total. The van der Waals surface area contributed by atoms with Gasteiger partial charge < -0.3 is 5.11 Å². The Balaban J connectivity index is 3.85. The molecule has 0 aromatic rings. The van der Waals surface area contributed by atoms with E-state index in [-0.39, 0.29) is 0 Å². The summed E-state index contributed by atoms with van der Waals surface area (Å²) in [7, 11) is 0. The van der Waals surface area contributed by atoms with Crippen LogP contribution in [-0.4, -0.2) is 15.0 Å². The summed E-state index contributed by atoms with van der Waals surface area (Å²) in [6, 6.07) is 0. The molecular weight excluding hydrogens is 194 g/mol. The van der Waals surface area contributed by atoms with E-state index in [0.717, 1.165) is 5.57 Å². The van der Waals surface area contributed by atoms with Crippen LogP contribution in [-0.2, 0) is 0 Å². The van der Waals surface area contributed by atoms with Crippen molar-refractivity contribution in [3.63, 3.8) is 0 Å². The molecule has 0 fully saturated rings. The number of rotatable bonds is 2. The third kappa shape index (κ3) is 4.40. The van der Waals surface area contributed by atoms with Crippen molar-refractivity contribution in [1.82, 2.24) is 0 Å². The number of halogens is 3. The summed E-state index contributed by atoms with van der Waals surface area (Å²) in [6.45, 7) is 5.34. The first-order valence-electron chi connectivity index (χ1n) is 2.73. The number of hydrogen-bond donors (Lipinski definition) is 1. The summed E-state index contributed by atoms with van der Waals surface area (Å²) in [5.41, 5.74) is 0.791. The standard InChI is InChI=1S/C6H9Cl3O/c1-4(2)3-5(10)6(7,8)9/h5,10H,1,3H2,2H3/t5-/m1/s1. The molecule has 0 aliphatic carbocycles. The molecule has 10 heavy (non-hydrogen) atoms. The largest absolute Gasteiger partial charge is 0.388 e. The van der Waals surface area contributed by atoms with Crippen molar-refractivity contribution >= 4 is 34.8 Å². The lowest BCUT2D eigenvalue weighted by atomic mass is 10.2. The quantitative estimate of drug-likeness (QED) is 0.540. The molecule has 0 amide bonds. The van der Waals surface area contributed by atoms with Gasteiger partial charge in [0.05, 0.1) is 0 Å². The van der Waals surface area contributed by atoms with Gasteiger partial charge >= 0.3 is 0 Å². The zero-order chi connectivity index (χ0) is 8.36. The lowest BCUT2D eigenvalue weighted by Gasteiger charge is -2.18. The summed E-state index contributed by atoms with van der Waals surface area (Å²) in [6.07, 6.45) is -0.647. The Morgan fingerprint density at radius 2 is 2.00 bits per heavy atom. The normalized spacial score (nSPS) is 14.9. The van der Waals surface area contributed by atoms with Gasteiger partial charge in [-0.25, -0.2) is 0 Å². The predicted molar refractivity (Wildman–Crippen MR) is 45.7 cm³/mol. The van der Waals surface area contributed by atoms with Gasteiger partial charge in [0, 0.05) is 0 Å². The van der Waals surface area contributed by atoms with Gasteiger partial charge in [-0.2, -0.15) is 0 Å². The molecule has 4 heteroatoms. The third-order valence-electron chi connectivity index (χ3n) is 0.920. The van der Waals surface area contributed by atoms with E-state index in [9.17, 15) is 0 Å². The fourth-order valence-electron chi connectivity index (χ4n) is 0.446. The van der Waals surface area contributed by atoms with E-state index >= 15 is 0 Å². The van der Waals surface area contributed by atoms with E-state index < -0.39 is 9.90 Å². The van der Waals surface area contributed by atoms with E-state index in [0.29, 0.717) is 6.42 Å². The Labute approximate surface area is 75.6 Å². The first-order chi connectivity index (χ1) is 4.34. The van der Waals surface area contributed by atoms with E-state index in [4.69, 9.17) is 39.9 Å². The second-order valence-corrected chi connectivity index (χ2v) is 4.59. The van der Waals surface area contributed by atoms with Crippen molar-refractivity contribution in [3.8, 4) is 0 Å². The van der Waals surface area contributed by atoms with Crippen molar-refractivity contribution in [2.24, 2.45) is 0 Å². The minimum absolute atomic E-state index is 0.316. The van der Waals surface area contributed by atoms with Gasteiger partial charge in [0.25, 0.3) is 0 Å². The highest BCUT2D eigenvalue weighted by atomic mass is 35.6. The van der Waals surface area contributed by atoms with Crippen LogP contribution in [0.15, 0.2) is 12.2 Å². The van der Waals surface area contributed by atoms with Crippen LogP contribution in [0.5, 0.6) is 0 Å². The lowest BCUT2D eigenvalue weighted by molar-refractivity contribution is 0.179. The van der Waals surface area contributed by atoms with Crippen molar-refractivity contribution < 1.29 is 5.11 Å². The average Bonchev–Trinajstić information content (AvgIpc) is 1.60. The van der Waals surface area contributed by atoms with Gasteiger partial charge in [-0.05, 0) is 13.3 Å². The number of hydrogen-bond acceptors (Lipinski definition) is 1. The number of aliphatic hydroxyl groups excluding tert-OH is 1. The van der Waals surface area contributed by atoms with E-state index in [1.165, 1.54) is 0 Å². The van der Waals surface area contributed by atoms with Crippen LogP contribution in [0.2, 0.25) is 0 Å². The maximum atomic E-state index is 9.10. The lowest BCUT2D eigenvalue weighted by Crippen LogP contribution is -2.24. The van der Waals surface area contributed by atoms with E-state index in [1.807, 2.05) is 0 Å². The molecule has 0 aliphatic heterocycles. The Morgan fingerprint density at radius 1 is 1.60 bits per heavy atom. The second-order valence-electron chi connectivity index (χ2n) is 2.22. The molecule has 0 bridgehead atoms. The van der Waals surface area contributed by atoms with Crippen LogP contribution in [0.25, 0.3) is 0 Å². The van der Waals surface area contributed by atoms with Crippen LogP contribution >= 0.6 is 34.8 Å². The highest BCUT2D eigenvalue weighted by Crippen LogP contribution is 2.32. The van der Waals surface area contributed by atoms with Gasteiger partial charge in [-0.1, -0.05) is 40.4 Å². The molecule has 0 spiro atoms. The van der Waals surface area contributed by atoms with Crippen molar-refractivity contribution in [1.29, 1.82) is 0 Å². The molecule has 0 unspecified atom stereocenters. The van der Waals surface area contributed by atoms with Crippen LogP contribution in [0, 0.1) is 0 Å². The highest BCUT2D eigenvalue weighted by molar-refractivity contribution is 6.68. The molecule has 0 radical (unpaired) electrons. The van der Waals surface area contributed by atoms with Crippen molar-refractivity contribution in [3.05, 3.63) is 12.2 Å². The molecule has 0 aromatic carbocycles. The zero-order valence-corrected chi connectivity index (χ0v) is 7.84. The fourth-order valence-corrected chi connectivity index (χ4v) is 0.677. The minimum atomic E-state index is -1.60. The topological polar surface area (TPSA) is 20.2 Å². The molecule has 0 heterocycles. The average molecular weight is 203 g/mol. The molecule has 0 aromatic heterocycles. The maximum Gasteiger partial charge on any atom is 0.216 e.